The van der Waals surface area contributed by atoms with Gasteiger partial charge in [-0.2, -0.15) is 0 Å². The minimum atomic E-state index is -0.466. The molecule has 1 saturated heterocycles. The maximum absolute atomic E-state index is 11.9. The molecule has 2 rings (SSSR count). The van der Waals surface area contributed by atoms with Crippen molar-refractivity contribution < 1.29 is 14.4 Å². The molecule has 2 heterocycles. The number of carbonyl (C=O) groups is 3. The zero-order chi connectivity index (χ0) is 15.4. The van der Waals surface area contributed by atoms with Crippen molar-refractivity contribution in [3.63, 3.8) is 0 Å². The van der Waals surface area contributed by atoms with E-state index in [1.54, 1.807) is 30.3 Å². The maximum Gasteiger partial charge on any atom is 0.243 e. The number of halogens is 1. The van der Waals surface area contributed by atoms with Crippen LogP contribution in [0.2, 0.25) is 0 Å². The third kappa shape index (κ3) is 4.33. The van der Waals surface area contributed by atoms with E-state index in [0.29, 0.717) is 12.2 Å². The van der Waals surface area contributed by atoms with Gasteiger partial charge in [0.15, 0.2) is 0 Å². The molecule has 1 fully saturated rings. The van der Waals surface area contributed by atoms with Gasteiger partial charge in [0.2, 0.25) is 17.7 Å². The van der Waals surface area contributed by atoms with Crippen LogP contribution >= 0.6 is 15.9 Å². The van der Waals surface area contributed by atoms with Crippen molar-refractivity contribution in [2.45, 2.75) is 18.9 Å². The minimum absolute atomic E-state index is 0.0457. The summed E-state index contributed by atoms with van der Waals surface area (Å²) in [7, 11) is 1.68. The summed E-state index contributed by atoms with van der Waals surface area (Å²) in [5, 5.41) is 4.92. The van der Waals surface area contributed by atoms with E-state index < -0.39 is 6.04 Å². The van der Waals surface area contributed by atoms with E-state index in [2.05, 4.69) is 31.5 Å². The predicted molar refractivity (Wildman–Crippen MR) is 79.4 cm³/mol. The van der Waals surface area contributed by atoms with Crippen LogP contribution in [0.3, 0.4) is 0 Å². The number of anilines is 1. The highest BCUT2D eigenvalue weighted by Gasteiger charge is 2.30. The van der Waals surface area contributed by atoms with E-state index in [-0.39, 0.29) is 30.7 Å². The van der Waals surface area contributed by atoms with Gasteiger partial charge in [-0.25, -0.2) is 4.98 Å². The lowest BCUT2D eigenvalue weighted by molar-refractivity contribution is -0.137. The maximum atomic E-state index is 11.9. The topological polar surface area (TPSA) is 91.4 Å². The molecule has 2 N–H and O–H groups in total. The quantitative estimate of drug-likeness (QED) is 0.769. The molecular weight excluding hydrogens is 340 g/mol. The number of carbonyl (C=O) groups excluding carboxylic acids is 3. The van der Waals surface area contributed by atoms with Crippen LogP contribution in [0.15, 0.2) is 22.8 Å². The number of likely N-dealkylation sites (N-methyl/N-ethyl adjacent to an activating group) is 1. The Morgan fingerprint density at radius 1 is 1.52 bits per heavy atom. The summed E-state index contributed by atoms with van der Waals surface area (Å²) in [6, 6.07) is 2.98. The van der Waals surface area contributed by atoms with E-state index in [1.165, 1.54) is 0 Å². The Kier molecular flexibility index (Phi) is 5.03. The van der Waals surface area contributed by atoms with Crippen LogP contribution in [-0.2, 0) is 14.4 Å². The third-order valence-electron chi connectivity index (χ3n) is 3.13. The van der Waals surface area contributed by atoms with Gasteiger partial charge in [-0.15, -0.1) is 0 Å². The van der Waals surface area contributed by atoms with Gasteiger partial charge in [0.25, 0.3) is 0 Å². The normalized spacial score (nSPS) is 18.5. The first-order chi connectivity index (χ1) is 9.95. The molecule has 0 aliphatic carbocycles. The van der Waals surface area contributed by atoms with Gasteiger partial charge in [0, 0.05) is 17.1 Å². The second kappa shape index (κ2) is 6.77. The summed E-state index contributed by atoms with van der Waals surface area (Å²) in [5.74, 6) is -0.451. The Morgan fingerprint density at radius 2 is 2.29 bits per heavy atom. The van der Waals surface area contributed by atoms with Crippen LogP contribution in [0, 0.1) is 0 Å². The zero-order valence-electron chi connectivity index (χ0n) is 11.4. The van der Waals surface area contributed by atoms with Gasteiger partial charge in [-0.05, 0) is 41.5 Å². The molecule has 1 aliphatic heterocycles. The molecule has 1 unspecified atom stereocenters. The number of hydrogen-bond acceptors (Lipinski definition) is 5. The van der Waals surface area contributed by atoms with E-state index in [4.69, 9.17) is 0 Å². The van der Waals surface area contributed by atoms with Crippen molar-refractivity contribution >= 4 is 39.5 Å². The highest BCUT2D eigenvalue weighted by atomic mass is 79.9. The van der Waals surface area contributed by atoms with Gasteiger partial charge in [-0.1, -0.05) is 0 Å². The number of nitrogens with zero attached hydrogens (tertiary/aromatic N) is 2. The zero-order valence-corrected chi connectivity index (χ0v) is 13.0. The summed E-state index contributed by atoms with van der Waals surface area (Å²) in [6.07, 6.45) is 2.29. The van der Waals surface area contributed by atoms with Gasteiger partial charge >= 0.3 is 0 Å². The molecule has 8 heteroatoms. The molecule has 0 aromatic carbocycles. The molecule has 1 aliphatic rings. The van der Waals surface area contributed by atoms with Crippen molar-refractivity contribution in [1.82, 2.24) is 15.2 Å². The molecule has 0 saturated carbocycles. The minimum Gasteiger partial charge on any atom is -0.310 e. The van der Waals surface area contributed by atoms with Crippen molar-refractivity contribution in [3.8, 4) is 0 Å². The molecule has 112 valence electrons. The lowest BCUT2D eigenvalue weighted by Gasteiger charge is -2.28. The first-order valence-corrected chi connectivity index (χ1v) is 7.20. The number of nitrogens with one attached hydrogen (secondary N) is 2. The Labute approximate surface area is 130 Å². The van der Waals surface area contributed by atoms with Gasteiger partial charge < -0.3 is 5.32 Å². The fourth-order valence-corrected chi connectivity index (χ4v) is 2.31. The average Bonchev–Trinajstić information content (AvgIpc) is 2.41. The largest absolute Gasteiger partial charge is 0.310 e. The number of aromatic nitrogens is 1. The second-order valence-electron chi connectivity index (χ2n) is 4.79. The van der Waals surface area contributed by atoms with Crippen molar-refractivity contribution in [2.24, 2.45) is 0 Å². The Hall–Kier alpha value is -1.80. The van der Waals surface area contributed by atoms with Crippen molar-refractivity contribution in [1.29, 1.82) is 0 Å². The van der Waals surface area contributed by atoms with E-state index in [0.717, 1.165) is 4.47 Å². The van der Waals surface area contributed by atoms with E-state index in [1.807, 2.05) is 0 Å². The molecule has 1 aromatic rings. The Balaban J connectivity index is 1.88. The number of pyridine rings is 1. The van der Waals surface area contributed by atoms with Gasteiger partial charge in [0.05, 0.1) is 12.6 Å². The fourth-order valence-electron chi connectivity index (χ4n) is 2.07. The van der Waals surface area contributed by atoms with Crippen LogP contribution in [0.25, 0.3) is 0 Å². The van der Waals surface area contributed by atoms with Crippen LogP contribution in [0.4, 0.5) is 5.82 Å². The number of rotatable bonds is 4. The smallest absolute Gasteiger partial charge is 0.243 e. The average molecular weight is 355 g/mol. The molecule has 7 nitrogen and oxygen atoms in total. The van der Waals surface area contributed by atoms with Gasteiger partial charge in [0.1, 0.15) is 5.82 Å². The van der Waals surface area contributed by atoms with Crippen molar-refractivity contribution in [2.75, 3.05) is 18.9 Å². The van der Waals surface area contributed by atoms with Crippen LogP contribution < -0.4 is 10.6 Å². The SMILES string of the molecule is CN(CC(=O)Nc1ccc(Br)cn1)C1CCC(=O)NC1=O. The number of hydrogen-bond donors (Lipinski definition) is 2. The fraction of sp³-hybridized carbons (Fsp3) is 0.385. The lowest BCUT2D eigenvalue weighted by atomic mass is 10.1. The summed E-state index contributed by atoms with van der Waals surface area (Å²) in [5.41, 5.74) is 0. The summed E-state index contributed by atoms with van der Waals surface area (Å²) < 4.78 is 0.821. The number of amides is 3. The molecule has 0 radical (unpaired) electrons. The molecule has 0 bridgehead atoms. The lowest BCUT2D eigenvalue weighted by Crippen LogP contribution is -2.52. The first kappa shape index (κ1) is 15.6. The van der Waals surface area contributed by atoms with E-state index >= 15 is 0 Å². The van der Waals surface area contributed by atoms with Crippen molar-refractivity contribution in [3.05, 3.63) is 22.8 Å². The van der Waals surface area contributed by atoms with Gasteiger partial charge in [-0.3, -0.25) is 24.6 Å². The molecule has 1 aromatic heterocycles. The first-order valence-electron chi connectivity index (χ1n) is 6.41. The molecular formula is C13H15BrN4O3. The standard InChI is InChI=1S/C13H15BrN4O3/c1-18(9-3-5-11(19)17-13(9)21)7-12(20)16-10-4-2-8(14)6-15-10/h2,4,6,9H,3,5,7H2,1H3,(H,15,16,20)(H,17,19,21). The highest BCUT2D eigenvalue weighted by molar-refractivity contribution is 9.10. The predicted octanol–water partition coefficient (Wildman–Crippen LogP) is 0.520. The summed E-state index contributed by atoms with van der Waals surface area (Å²) in [4.78, 5) is 40.4. The Bertz CT molecular complexity index is 561. The summed E-state index contributed by atoms with van der Waals surface area (Å²) in [6.45, 7) is 0.0457. The highest BCUT2D eigenvalue weighted by Crippen LogP contribution is 2.12. The number of piperidine rings is 1. The number of imide groups is 1. The molecule has 0 spiro atoms. The molecule has 1 atom stereocenters. The molecule has 21 heavy (non-hydrogen) atoms. The van der Waals surface area contributed by atoms with E-state index in [9.17, 15) is 14.4 Å². The second-order valence-corrected chi connectivity index (χ2v) is 5.71. The molecule has 3 amide bonds. The van der Waals surface area contributed by atoms with Crippen LogP contribution in [0.1, 0.15) is 12.8 Å². The third-order valence-corrected chi connectivity index (χ3v) is 3.60. The van der Waals surface area contributed by atoms with Crippen LogP contribution in [-0.4, -0.2) is 47.2 Å². The summed E-state index contributed by atoms with van der Waals surface area (Å²) >= 11 is 3.26. The monoisotopic (exact) mass is 354 g/mol. The van der Waals surface area contributed by atoms with Crippen LogP contribution in [0.5, 0.6) is 0 Å². The Morgan fingerprint density at radius 3 is 2.90 bits per heavy atom.